The van der Waals surface area contributed by atoms with Crippen molar-refractivity contribution in [2.45, 2.75) is 25.9 Å². The Balaban J connectivity index is 1.83. The van der Waals surface area contributed by atoms with E-state index in [1.807, 2.05) is 11.8 Å². The van der Waals surface area contributed by atoms with Crippen LogP contribution in [0.2, 0.25) is 0 Å². The number of aromatic carboxylic acids is 1. The Bertz CT molecular complexity index is 533. The summed E-state index contributed by atoms with van der Waals surface area (Å²) < 4.78 is 12.6. The summed E-state index contributed by atoms with van der Waals surface area (Å²) in [5, 5.41) is 11.7. The first-order chi connectivity index (χ1) is 10.5. The maximum atomic E-state index is 12.6. The number of alkyl halides is 1. The largest absolute Gasteiger partial charge is 0.478 e. The highest BCUT2D eigenvalue weighted by Crippen LogP contribution is 2.19. The highest BCUT2D eigenvalue weighted by molar-refractivity contribution is 5.87. The molecule has 6 heteroatoms. The van der Waals surface area contributed by atoms with E-state index in [9.17, 15) is 14.0 Å². The summed E-state index contributed by atoms with van der Waals surface area (Å²) in [5.41, 5.74) is 1.06. The van der Waals surface area contributed by atoms with Crippen molar-refractivity contribution in [3.8, 4) is 0 Å². The maximum Gasteiger partial charge on any atom is 0.335 e. The number of carbonyl (C=O) groups is 2. The molecule has 1 fully saturated rings. The van der Waals surface area contributed by atoms with Gasteiger partial charge in [0.2, 0.25) is 5.91 Å². The third kappa shape index (κ3) is 4.04. The number of carboxylic acids is 1. The lowest BCUT2D eigenvalue weighted by Gasteiger charge is -2.23. The molecule has 0 radical (unpaired) electrons. The van der Waals surface area contributed by atoms with Gasteiger partial charge in [-0.3, -0.25) is 14.1 Å². The lowest BCUT2D eigenvalue weighted by molar-refractivity contribution is -0.125. The van der Waals surface area contributed by atoms with Crippen molar-refractivity contribution >= 4 is 11.9 Å². The first-order valence-electron chi connectivity index (χ1n) is 7.41. The number of nitrogens with zero attached hydrogens (tertiary/aromatic N) is 1. The molecule has 0 bridgehead atoms. The van der Waals surface area contributed by atoms with Gasteiger partial charge in [-0.1, -0.05) is 12.1 Å². The molecule has 0 saturated carbocycles. The summed E-state index contributed by atoms with van der Waals surface area (Å²) in [6.07, 6.45) is 0.796. The molecule has 1 aliphatic heterocycles. The predicted molar refractivity (Wildman–Crippen MR) is 80.4 cm³/mol. The van der Waals surface area contributed by atoms with E-state index in [2.05, 4.69) is 5.32 Å². The van der Waals surface area contributed by atoms with Crippen molar-refractivity contribution in [3.63, 3.8) is 0 Å². The summed E-state index contributed by atoms with van der Waals surface area (Å²) in [7, 11) is 0. The summed E-state index contributed by atoms with van der Waals surface area (Å²) in [4.78, 5) is 24.9. The van der Waals surface area contributed by atoms with Gasteiger partial charge in [-0.15, -0.1) is 0 Å². The number of likely N-dealkylation sites (tertiary alicyclic amines) is 1. The van der Waals surface area contributed by atoms with Gasteiger partial charge in [-0.2, -0.15) is 0 Å². The average molecular weight is 308 g/mol. The van der Waals surface area contributed by atoms with E-state index in [1.54, 1.807) is 12.1 Å². The fraction of sp³-hybridized carbons (Fsp3) is 0.500. The third-order valence-electron chi connectivity index (χ3n) is 4.13. The molecule has 5 nitrogen and oxygen atoms in total. The number of hydrogen-bond donors (Lipinski definition) is 2. The Morgan fingerprint density at radius 3 is 2.64 bits per heavy atom. The minimum atomic E-state index is -0.972. The number of carboxylic acid groups (broad SMARTS) is 1. The third-order valence-corrected chi connectivity index (χ3v) is 4.13. The molecule has 2 rings (SSSR count). The maximum absolute atomic E-state index is 12.6. The van der Waals surface area contributed by atoms with Crippen LogP contribution in [0.5, 0.6) is 0 Å². The van der Waals surface area contributed by atoms with Gasteiger partial charge in [-0.05, 0) is 37.6 Å². The van der Waals surface area contributed by atoms with Crippen LogP contribution in [0.15, 0.2) is 24.3 Å². The molecule has 0 aromatic heterocycles. The minimum Gasteiger partial charge on any atom is -0.478 e. The normalized spacial score (nSPS) is 19.8. The van der Waals surface area contributed by atoms with Crippen molar-refractivity contribution < 1.29 is 19.1 Å². The summed E-state index contributed by atoms with van der Waals surface area (Å²) >= 11 is 0. The van der Waals surface area contributed by atoms with Crippen LogP contribution in [0.4, 0.5) is 4.39 Å². The number of halogens is 1. The molecule has 2 atom stereocenters. The highest BCUT2D eigenvalue weighted by Gasteiger charge is 2.29. The zero-order valence-corrected chi connectivity index (χ0v) is 12.6. The molecule has 1 aromatic carbocycles. The Kier molecular flexibility index (Phi) is 5.49. The molecular formula is C16H21FN2O3. The molecule has 1 amide bonds. The highest BCUT2D eigenvalue weighted by atomic mass is 19.1. The second-order valence-corrected chi connectivity index (χ2v) is 5.70. The van der Waals surface area contributed by atoms with Crippen molar-refractivity contribution in [1.82, 2.24) is 10.2 Å². The number of nitrogens with one attached hydrogen (secondary N) is 1. The SMILES string of the molecule is CC(C(=O)NCc1ccc(C(=O)O)cc1)N1CCC(CF)C1. The molecule has 1 aromatic rings. The van der Waals surface area contributed by atoms with Gasteiger partial charge in [0.15, 0.2) is 0 Å². The number of rotatable bonds is 6. The van der Waals surface area contributed by atoms with Crippen molar-refractivity contribution in [2.75, 3.05) is 19.8 Å². The molecule has 1 saturated heterocycles. The van der Waals surface area contributed by atoms with E-state index in [0.717, 1.165) is 18.5 Å². The van der Waals surface area contributed by atoms with Crippen LogP contribution < -0.4 is 5.32 Å². The topological polar surface area (TPSA) is 69.6 Å². The number of amides is 1. The fourth-order valence-electron chi connectivity index (χ4n) is 2.61. The summed E-state index contributed by atoms with van der Waals surface area (Å²) in [5.74, 6) is -1.03. The van der Waals surface area contributed by atoms with Crippen molar-refractivity contribution in [2.24, 2.45) is 5.92 Å². The fourth-order valence-corrected chi connectivity index (χ4v) is 2.61. The number of carbonyl (C=O) groups excluding carboxylic acids is 1. The van der Waals surface area contributed by atoms with Crippen LogP contribution in [0, 0.1) is 5.92 Å². The van der Waals surface area contributed by atoms with E-state index in [-0.39, 0.29) is 30.1 Å². The van der Waals surface area contributed by atoms with Gasteiger partial charge >= 0.3 is 5.97 Å². The second kappa shape index (κ2) is 7.35. The van der Waals surface area contributed by atoms with Crippen LogP contribution in [0.25, 0.3) is 0 Å². The Morgan fingerprint density at radius 2 is 2.09 bits per heavy atom. The molecule has 2 unspecified atom stereocenters. The van der Waals surface area contributed by atoms with Crippen LogP contribution in [-0.4, -0.2) is 47.7 Å². The standard InChI is InChI=1S/C16H21FN2O3/c1-11(19-7-6-13(8-17)10-19)15(20)18-9-12-2-4-14(5-3-12)16(21)22/h2-5,11,13H,6-10H2,1H3,(H,18,20)(H,21,22). The predicted octanol–water partition coefficient (Wildman–Crippen LogP) is 1.68. The van der Waals surface area contributed by atoms with Gasteiger partial charge in [0.1, 0.15) is 0 Å². The Morgan fingerprint density at radius 1 is 1.41 bits per heavy atom. The first kappa shape index (κ1) is 16.4. The van der Waals surface area contributed by atoms with Gasteiger partial charge < -0.3 is 10.4 Å². The summed E-state index contributed by atoms with van der Waals surface area (Å²) in [6.45, 7) is 3.21. The van der Waals surface area contributed by atoms with Crippen LogP contribution in [0.3, 0.4) is 0 Å². The van der Waals surface area contributed by atoms with Crippen molar-refractivity contribution in [3.05, 3.63) is 35.4 Å². The molecule has 2 N–H and O–H groups in total. The van der Waals surface area contributed by atoms with E-state index in [0.29, 0.717) is 13.1 Å². The molecular weight excluding hydrogens is 287 g/mol. The average Bonchev–Trinajstić information content (AvgIpc) is 3.01. The van der Waals surface area contributed by atoms with Gasteiger partial charge in [-0.25, -0.2) is 4.79 Å². The molecule has 120 valence electrons. The molecule has 1 aliphatic rings. The van der Waals surface area contributed by atoms with E-state index < -0.39 is 5.97 Å². The number of hydrogen-bond acceptors (Lipinski definition) is 3. The molecule has 22 heavy (non-hydrogen) atoms. The van der Waals surface area contributed by atoms with Gasteiger partial charge in [0.25, 0.3) is 0 Å². The van der Waals surface area contributed by atoms with Crippen LogP contribution in [-0.2, 0) is 11.3 Å². The number of benzene rings is 1. The second-order valence-electron chi connectivity index (χ2n) is 5.70. The van der Waals surface area contributed by atoms with E-state index in [4.69, 9.17) is 5.11 Å². The smallest absolute Gasteiger partial charge is 0.335 e. The molecule has 1 heterocycles. The van der Waals surface area contributed by atoms with Crippen LogP contribution in [0.1, 0.15) is 29.3 Å². The van der Waals surface area contributed by atoms with E-state index in [1.165, 1.54) is 12.1 Å². The lowest BCUT2D eigenvalue weighted by atomic mass is 10.1. The zero-order valence-electron chi connectivity index (χ0n) is 12.6. The minimum absolute atomic E-state index is 0.0406. The first-order valence-corrected chi connectivity index (χ1v) is 7.41. The van der Waals surface area contributed by atoms with Gasteiger partial charge in [0.05, 0.1) is 18.3 Å². The van der Waals surface area contributed by atoms with Crippen molar-refractivity contribution in [1.29, 1.82) is 0 Å². The lowest BCUT2D eigenvalue weighted by Crippen LogP contribution is -2.43. The quantitative estimate of drug-likeness (QED) is 0.839. The van der Waals surface area contributed by atoms with Gasteiger partial charge in [0, 0.05) is 19.0 Å². The molecule has 0 spiro atoms. The monoisotopic (exact) mass is 308 g/mol. The summed E-state index contributed by atoms with van der Waals surface area (Å²) in [6, 6.07) is 6.11. The molecule has 0 aliphatic carbocycles. The zero-order chi connectivity index (χ0) is 16.1. The van der Waals surface area contributed by atoms with E-state index >= 15 is 0 Å². The van der Waals surface area contributed by atoms with Crippen LogP contribution >= 0.6 is 0 Å². The Labute approximate surface area is 129 Å². The Hall–Kier alpha value is -1.95.